The lowest BCUT2D eigenvalue weighted by atomic mass is 10.1. The topological polar surface area (TPSA) is 123 Å². The first-order valence-electron chi connectivity index (χ1n) is 8.87. The number of rotatable bonds is 6. The average molecular weight is 402 g/mol. The summed E-state index contributed by atoms with van der Waals surface area (Å²) in [7, 11) is 0. The van der Waals surface area contributed by atoms with Crippen molar-refractivity contribution in [2.75, 3.05) is 0 Å². The van der Waals surface area contributed by atoms with E-state index in [1.807, 2.05) is 0 Å². The van der Waals surface area contributed by atoms with E-state index in [-0.39, 0.29) is 22.6 Å². The number of aromatic hydroxyl groups is 2. The highest BCUT2D eigenvalue weighted by molar-refractivity contribution is 5.98. The number of hydrogen-bond acceptors (Lipinski definition) is 6. The molecule has 0 atom stereocenters. The Balaban J connectivity index is 1.59. The van der Waals surface area contributed by atoms with E-state index in [2.05, 4.69) is 21.1 Å². The van der Waals surface area contributed by atoms with Gasteiger partial charge in [0.1, 0.15) is 11.5 Å². The second-order valence-electron chi connectivity index (χ2n) is 6.10. The molecule has 0 saturated heterocycles. The van der Waals surface area contributed by atoms with Crippen molar-refractivity contribution >= 4 is 24.2 Å². The lowest BCUT2D eigenvalue weighted by Crippen LogP contribution is -2.17. The zero-order valence-corrected chi connectivity index (χ0v) is 15.7. The van der Waals surface area contributed by atoms with Crippen molar-refractivity contribution < 1.29 is 19.8 Å². The van der Waals surface area contributed by atoms with Gasteiger partial charge in [0.2, 0.25) is 0 Å². The van der Waals surface area contributed by atoms with E-state index in [9.17, 15) is 19.8 Å². The molecule has 0 aromatic heterocycles. The molecule has 0 aliphatic heterocycles. The Hall–Kier alpha value is -4.46. The number of hydrazone groups is 2. The van der Waals surface area contributed by atoms with Gasteiger partial charge in [0.15, 0.2) is 0 Å². The Labute approximate surface area is 172 Å². The third kappa shape index (κ3) is 5.29. The van der Waals surface area contributed by atoms with Crippen molar-refractivity contribution in [2.45, 2.75) is 0 Å². The summed E-state index contributed by atoms with van der Waals surface area (Å²) in [4.78, 5) is 24.0. The summed E-state index contributed by atoms with van der Waals surface area (Å²) in [5, 5.41) is 27.1. The molecule has 0 bridgehead atoms. The lowest BCUT2D eigenvalue weighted by molar-refractivity contribution is 0.0944. The number of phenolic OH excluding ortho intramolecular Hbond substituents is 2. The summed E-state index contributed by atoms with van der Waals surface area (Å²) < 4.78 is 0. The van der Waals surface area contributed by atoms with Gasteiger partial charge in [-0.1, -0.05) is 42.5 Å². The monoisotopic (exact) mass is 402 g/mol. The summed E-state index contributed by atoms with van der Waals surface area (Å²) in [6, 6.07) is 19.4. The molecule has 0 fully saturated rings. The highest BCUT2D eigenvalue weighted by atomic mass is 16.3. The Morgan fingerprint density at radius 3 is 1.53 bits per heavy atom. The van der Waals surface area contributed by atoms with Gasteiger partial charge in [0, 0.05) is 0 Å². The van der Waals surface area contributed by atoms with Crippen molar-refractivity contribution in [1.82, 2.24) is 10.9 Å². The number of benzene rings is 3. The Morgan fingerprint density at radius 2 is 1.10 bits per heavy atom. The molecule has 3 aromatic rings. The zero-order chi connectivity index (χ0) is 21.3. The number of carbonyl (C=O) groups excluding carboxylic acids is 2. The predicted molar refractivity (Wildman–Crippen MR) is 113 cm³/mol. The van der Waals surface area contributed by atoms with Crippen molar-refractivity contribution in [2.24, 2.45) is 10.2 Å². The van der Waals surface area contributed by atoms with Gasteiger partial charge in [-0.15, -0.1) is 0 Å². The van der Waals surface area contributed by atoms with Gasteiger partial charge >= 0.3 is 0 Å². The molecule has 0 saturated carbocycles. The van der Waals surface area contributed by atoms with E-state index in [0.717, 1.165) is 0 Å². The van der Waals surface area contributed by atoms with Gasteiger partial charge in [0.25, 0.3) is 11.8 Å². The number of carbonyl (C=O) groups is 2. The average Bonchev–Trinajstić information content (AvgIpc) is 2.74. The molecule has 2 amide bonds. The minimum Gasteiger partial charge on any atom is -0.507 e. The summed E-state index contributed by atoms with van der Waals surface area (Å²) >= 11 is 0. The van der Waals surface area contributed by atoms with E-state index < -0.39 is 11.8 Å². The summed E-state index contributed by atoms with van der Waals surface area (Å²) in [5.41, 5.74) is 6.30. The van der Waals surface area contributed by atoms with Crippen molar-refractivity contribution in [1.29, 1.82) is 0 Å². The second-order valence-corrected chi connectivity index (χ2v) is 6.10. The third-order valence-corrected chi connectivity index (χ3v) is 3.97. The first-order valence-corrected chi connectivity index (χ1v) is 8.87. The molecule has 0 unspecified atom stereocenters. The van der Waals surface area contributed by atoms with Crippen LogP contribution >= 0.6 is 0 Å². The largest absolute Gasteiger partial charge is 0.507 e. The summed E-state index contributed by atoms with van der Waals surface area (Å²) in [6.07, 6.45) is 2.88. The molecule has 8 heteroatoms. The van der Waals surface area contributed by atoms with Crippen LogP contribution in [0.2, 0.25) is 0 Å². The number of para-hydroxylation sites is 2. The highest BCUT2D eigenvalue weighted by Gasteiger charge is 2.09. The van der Waals surface area contributed by atoms with Crippen LogP contribution in [0.3, 0.4) is 0 Å². The van der Waals surface area contributed by atoms with Crippen LogP contribution in [0.25, 0.3) is 0 Å². The molecule has 0 spiro atoms. The normalized spacial score (nSPS) is 10.9. The number of phenols is 2. The first kappa shape index (κ1) is 20.3. The van der Waals surface area contributed by atoms with E-state index in [1.54, 1.807) is 48.5 Å². The summed E-state index contributed by atoms with van der Waals surface area (Å²) in [6.45, 7) is 0. The Kier molecular flexibility index (Phi) is 6.52. The lowest BCUT2D eigenvalue weighted by Gasteiger charge is -2.02. The minimum atomic E-state index is -0.533. The van der Waals surface area contributed by atoms with Crippen LogP contribution in [0.15, 0.2) is 83.0 Å². The van der Waals surface area contributed by atoms with Crippen molar-refractivity contribution in [3.8, 4) is 11.5 Å². The fourth-order valence-corrected chi connectivity index (χ4v) is 2.50. The molecule has 4 N–H and O–H groups in total. The van der Waals surface area contributed by atoms with Crippen molar-refractivity contribution in [3.63, 3.8) is 0 Å². The van der Waals surface area contributed by atoms with Gasteiger partial charge in [-0.05, 0) is 41.5 Å². The fourth-order valence-electron chi connectivity index (χ4n) is 2.50. The quantitative estimate of drug-likeness (QED) is 0.374. The van der Waals surface area contributed by atoms with E-state index in [4.69, 9.17) is 0 Å². The molecular weight excluding hydrogens is 384 g/mol. The molecule has 0 radical (unpaired) electrons. The molecule has 150 valence electrons. The molecule has 0 aliphatic carbocycles. The van der Waals surface area contributed by atoms with Crippen LogP contribution < -0.4 is 10.9 Å². The van der Waals surface area contributed by atoms with Crippen LogP contribution in [0.5, 0.6) is 11.5 Å². The van der Waals surface area contributed by atoms with Gasteiger partial charge in [-0.25, -0.2) is 10.9 Å². The number of amides is 2. The molecular formula is C22H18N4O4. The molecule has 30 heavy (non-hydrogen) atoms. The van der Waals surface area contributed by atoms with E-state index >= 15 is 0 Å². The highest BCUT2D eigenvalue weighted by Crippen LogP contribution is 2.15. The SMILES string of the molecule is O=C(N/N=C/c1cccc(/C=N/NC(=O)c2ccccc2O)c1)c1ccccc1O. The first-order chi connectivity index (χ1) is 14.5. The molecule has 3 aromatic carbocycles. The van der Waals surface area contributed by atoms with E-state index in [1.165, 1.54) is 36.7 Å². The van der Waals surface area contributed by atoms with Gasteiger partial charge in [-0.2, -0.15) is 10.2 Å². The van der Waals surface area contributed by atoms with Crippen LogP contribution in [-0.4, -0.2) is 34.5 Å². The smallest absolute Gasteiger partial charge is 0.275 e. The maximum atomic E-state index is 12.0. The molecule has 3 rings (SSSR count). The maximum absolute atomic E-state index is 12.0. The molecule has 0 aliphatic rings. The number of nitrogens with zero attached hydrogens (tertiary/aromatic N) is 2. The van der Waals surface area contributed by atoms with Gasteiger partial charge < -0.3 is 10.2 Å². The zero-order valence-electron chi connectivity index (χ0n) is 15.7. The number of nitrogens with one attached hydrogen (secondary N) is 2. The van der Waals surface area contributed by atoms with Crippen LogP contribution in [0.4, 0.5) is 0 Å². The predicted octanol–water partition coefficient (Wildman–Crippen LogP) is 2.63. The van der Waals surface area contributed by atoms with Crippen LogP contribution in [0.1, 0.15) is 31.8 Å². The molecule has 0 heterocycles. The van der Waals surface area contributed by atoms with E-state index in [0.29, 0.717) is 11.1 Å². The molecule has 8 nitrogen and oxygen atoms in total. The fraction of sp³-hybridized carbons (Fsp3) is 0. The summed E-state index contributed by atoms with van der Waals surface area (Å²) in [5.74, 6) is -1.33. The van der Waals surface area contributed by atoms with Crippen molar-refractivity contribution in [3.05, 3.63) is 95.1 Å². The minimum absolute atomic E-state index is 0.121. The maximum Gasteiger partial charge on any atom is 0.275 e. The standard InChI is InChI=1S/C22H18N4O4/c27-19-10-3-1-8-17(19)21(29)25-23-13-15-6-5-7-16(12-15)14-24-26-22(30)18-9-2-4-11-20(18)28/h1-14,27-28H,(H,25,29)(H,26,30)/b23-13+,24-14+. The second kappa shape index (κ2) is 9.65. The van der Waals surface area contributed by atoms with Crippen LogP contribution in [0, 0.1) is 0 Å². The van der Waals surface area contributed by atoms with Gasteiger partial charge in [0.05, 0.1) is 23.6 Å². The third-order valence-electron chi connectivity index (χ3n) is 3.97. The Bertz CT molecular complexity index is 1040. The van der Waals surface area contributed by atoms with Crippen LogP contribution in [-0.2, 0) is 0 Å². The Morgan fingerprint density at radius 1 is 0.667 bits per heavy atom. The van der Waals surface area contributed by atoms with Gasteiger partial charge in [-0.3, -0.25) is 9.59 Å². The number of hydrogen-bond donors (Lipinski definition) is 4.